The molecule has 44 heavy (non-hydrogen) atoms. The van der Waals surface area contributed by atoms with Crippen LogP contribution in [0.1, 0.15) is 87.3 Å². The van der Waals surface area contributed by atoms with Gasteiger partial charge in [-0.3, -0.25) is 4.79 Å². The highest BCUT2D eigenvalue weighted by atomic mass is 19.4. The number of halogens is 3. The van der Waals surface area contributed by atoms with Crippen LogP contribution in [0.4, 0.5) is 30.6 Å². The lowest BCUT2D eigenvalue weighted by molar-refractivity contribution is -0.137. The molecule has 1 aromatic heterocycles. The fourth-order valence-corrected chi connectivity index (χ4v) is 6.90. The lowest BCUT2D eigenvalue weighted by Gasteiger charge is -2.41. The SMILES string of the molecule is CCc1cc(C2CCN(C3CCN(C)CC3)CC2)ccc1Nc1ncc(C(F)(F)F)c(NCCCN2CCCCCC2=O)n1. The predicted octanol–water partition coefficient (Wildman–Crippen LogP) is 6.28. The Morgan fingerprint density at radius 3 is 2.50 bits per heavy atom. The third-order valence-electron chi connectivity index (χ3n) is 9.62. The second-order valence-electron chi connectivity index (χ2n) is 12.7. The molecule has 3 saturated heterocycles. The molecule has 3 fully saturated rings. The van der Waals surface area contributed by atoms with Crippen molar-refractivity contribution in [2.24, 2.45) is 0 Å². The predicted molar refractivity (Wildman–Crippen MR) is 168 cm³/mol. The van der Waals surface area contributed by atoms with Gasteiger partial charge in [-0.2, -0.15) is 18.2 Å². The van der Waals surface area contributed by atoms with Crippen molar-refractivity contribution >= 4 is 23.4 Å². The molecule has 1 aromatic carbocycles. The first-order chi connectivity index (χ1) is 21.2. The second kappa shape index (κ2) is 14.9. The van der Waals surface area contributed by atoms with Crippen LogP contribution in [0.3, 0.4) is 0 Å². The molecule has 0 aliphatic carbocycles. The Labute approximate surface area is 259 Å². The zero-order valence-corrected chi connectivity index (χ0v) is 26.3. The molecule has 8 nitrogen and oxygen atoms in total. The molecule has 0 unspecified atom stereocenters. The Morgan fingerprint density at radius 2 is 1.77 bits per heavy atom. The number of aromatic nitrogens is 2. The summed E-state index contributed by atoms with van der Waals surface area (Å²) in [6.07, 6.45) is 5.83. The Balaban J connectivity index is 1.21. The maximum Gasteiger partial charge on any atom is 0.421 e. The topological polar surface area (TPSA) is 76.6 Å². The zero-order chi connectivity index (χ0) is 31.1. The molecule has 2 N–H and O–H groups in total. The van der Waals surface area contributed by atoms with E-state index in [0.717, 1.165) is 69.1 Å². The first-order valence-electron chi connectivity index (χ1n) is 16.5. The number of carbonyl (C=O) groups is 1. The number of rotatable bonds is 10. The summed E-state index contributed by atoms with van der Waals surface area (Å²) in [4.78, 5) is 27.4. The van der Waals surface area contributed by atoms with E-state index in [4.69, 9.17) is 0 Å². The van der Waals surface area contributed by atoms with E-state index >= 15 is 0 Å². The van der Waals surface area contributed by atoms with Crippen molar-refractivity contribution < 1.29 is 18.0 Å². The number of amides is 1. The maximum atomic E-state index is 13.8. The highest BCUT2D eigenvalue weighted by Crippen LogP contribution is 2.36. The van der Waals surface area contributed by atoms with Gasteiger partial charge < -0.3 is 25.3 Å². The average Bonchev–Trinajstić information content (AvgIpc) is 3.23. The van der Waals surface area contributed by atoms with Gasteiger partial charge in [0.25, 0.3) is 0 Å². The van der Waals surface area contributed by atoms with Crippen LogP contribution in [-0.4, -0.2) is 89.5 Å². The molecule has 0 spiro atoms. The van der Waals surface area contributed by atoms with Crippen LogP contribution >= 0.6 is 0 Å². The van der Waals surface area contributed by atoms with E-state index in [1.165, 1.54) is 31.5 Å². The number of piperidine rings is 2. The van der Waals surface area contributed by atoms with Crippen LogP contribution in [0.2, 0.25) is 0 Å². The highest BCUT2D eigenvalue weighted by molar-refractivity contribution is 5.76. The number of benzene rings is 1. The normalized spacial score (nSPS) is 20.1. The number of aryl methyl sites for hydroxylation is 1. The summed E-state index contributed by atoms with van der Waals surface area (Å²) in [5.74, 6) is 0.516. The largest absolute Gasteiger partial charge is 0.421 e. The molecular formula is C33H48F3N7O. The number of anilines is 3. The van der Waals surface area contributed by atoms with Crippen LogP contribution in [0.15, 0.2) is 24.4 Å². The van der Waals surface area contributed by atoms with Crippen molar-refractivity contribution in [2.75, 3.05) is 63.5 Å². The van der Waals surface area contributed by atoms with E-state index < -0.39 is 11.7 Å². The van der Waals surface area contributed by atoms with Gasteiger partial charge in [0.2, 0.25) is 11.9 Å². The molecule has 0 bridgehead atoms. The van der Waals surface area contributed by atoms with Crippen molar-refractivity contribution in [3.63, 3.8) is 0 Å². The maximum absolute atomic E-state index is 13.8. The molecular weight excluding hydrogens is 567 g/mol. The van der Waals surface area contributed by atoms with Crippen molar-refractivity contribution in [1.82, 2.24) is 24.7 Å². The number of likely N-dealkylation sites (tertiary alicyclic amines) is 3. The Morgan fingerprint density at radius 1 is 1.00 bits per heavy atom. The molecule has 2 aromatic rings. The number of nitrogens with one attached hydrogen (secondary N) is 2. The number of hydrogen-bond acceptors (Lipinski definition) is 7. The Bertz CT molecular complexity index is 1240. The van der Waals surface area contributed by atoms with E-state index in [0.29, 0.717) is 37.9 Å². The summed E-state index contributed by atoms with van der Waals surface area (Å²) < 4.78 is 41.4. The summed E-state index contributed by atoms with van der Waals surface area (Å²) in [6.45, 7) is 8.21. The lowest BCUT2D eigenvalue weighted by atomic mass is 9.86. The quantitative estimate of drug-likeness (QED) is 0.305. The van der Waals surface area contributed by atoms with E-state index in [2.05, 4.69) is 56.5 Å². The third kappa shape index (κ3) is 8.41. The fourth-order valence-electron chi connectivity index (χ4n) is 6.90. The molecule has 242 valence electrons. The molecule has 0 atom stereocenters. The fraction of sp³-hybridized carbons (Fsp3) is 0.667. The minimum atomic E-state index is -4.58. The average molecular weight is 616 g/mol. The molecule has 1 amide bonds. The first-order valence-corrected chi connectivity index (χ1v) is 16.5. The second-order valence-corrected chi connectivity index (χ2v) is 12.7. The molecule has 11 heteroatoms. The van der Waals surface area contributed by atoms with E-state index in [-0.39, 0.29) is 24.2 Å². The molecule has 5 rings (SSSR count). The summed E-state index contributed by atoms with van der Waals surface area (Å²) >= 11 is 0. The van der Waals surface area contributed by atoms with Crippen LogP contribution in [-0.2, 0) is 17.4 Å². The molecule has 0 radical (unpaired) electrons. The highest BCUT2D eigenvalue weighted by Gasteiger charge is 2.35. The summed E-state index contributed by atoms with van der Waals surface area (Å²) in [6, 6.07) is 7.11. The van der Waals surface area contributed by atoms with Crippen LogP contribution in [0.25, 0.3) is 0 Å². The van der Waals surface area contributed by atoms with Gasteiger partial charge in [0, 0.05) is 44.0 Å². The number of nitrogens with zero attached hydrogens (tertiary/aromatic N) is 5. The van der Waals surface area contributed by atoms with Gasteiger partial charge in [-0.15, -0.1) is 0 Å². The van der Waals surface area contributed by atoms with Gasteiger partial charge in [0.1, 0.15) is 11.4 Å². The van der Waals surface area contributed by atoms with Gasteiger partial charge in [-0.05, 0) is 108 Å². The van der Waals surface area contributed by atoms with E-state index in [1.54, 1.807) is 0 Å². The van der Waals surface area contributed by atoms with Gasteiger partial charge in [-0.1, -0.05) is 25.5 Å². The van der Waals surface area contributed by atoms with Gasteiger partial charge in [-0.25, -0.2) is 4.98 Å². The Kier molecular flexibility index (Phi) is 11.0. The van der Waals surface area contributed by atoms with Gasteiger partial charge >= 0.3 is 6.18 Å². The van der Waals surface area contributed by atoms with Crippen LogP contribution in [0, 0.1) is 0 Å². The standard InChI is InChI=1S/C33H48F3N7O/c1-3-24-22-26(25-11-20-42(21-12-25)27-13-18-41(2)19-14-27)9-10-29(24)39-32-38-23-28(33(34,35)36)31(40-32)37-15-7-17-43-16-6-4-5-8-30(43)44/h9-10,22-23,25,27H,3-8,11-21H2,1-2H3,(H2,37,38,39,40). The van der Waals surface area contributed by atoms with E-state index in [1.807, 2.05) is 11.0 Å². The van der Waals surface area contributed by atoms with Crippen molar-refractivity contribution in [1.29, 1.82) is 0 Å². The summed E-state index contributed by atoms with van der Waals surface area (Å²) in [7, 11) is 2.20. The Hall–Kier alpha value is -2.92. The molecule has 3 aliphatic heterocycles. The molecule has 3 aliphatic rings. The monoisotopic (exact) mass is 615 g/mol. The molecule has 0 saturated carbocycles. The van der Waals surface area contributed by atoms with Gasteiger partial charge in [0.05, 0.1) is 0 Å². The molecule has 4 heterocycles. The van der Waals surface area contributed by atoms with E-state index in [9.17, 15) is 18.0 Å². The number of carbonyl (C=O) groups excluding carboxylic acids is 1. The summed E-state index contributed by atoms with van der Waals surface area (Å²) in [5, 5.41) is 6.06. The third-order valence-corrected chi connectivity index (χ3v) is 9.62. The number of alkyl halides is 3. The minimum absolute atomic E-state index is 0.122. The van der Waals surface area contributed by atoms with Crippen molar-refractivity contribution in [3.8, 4) is 0 Å². The van der Waals surface area contributed by atoms with Crippen LogP contribution < -0.4 is 10.6 Å². The minimum Gasteiger partial charge on any atom is -0.369 e. The van der Waals surface area contributed by atoms with Crippen molar-refractivity contribution in [3.05, 3.63) is 41.1 Å². The smallest absolute Gasteiger partial charge is 0.369 e. The summed E-state index contributed by atoms with van der Waals surface area (Å²) in [5.41, 5.74) is 2.34. The lowest BCUT2D eigenvalue weighted by Crippen LogP contribution is -2.46. The van der Waals surface area contributed by atoms with Crippen LogP contribution in [0.5, 0.6) is 0 Å². The first kappa shape index (κ1) is 32.5. The van der Waals surface area contributed by atoms with Crippen molar-refractivity contribution in [2.45, 2.75) is 89.3 Å². The number of hydrogen-bond donors (Lipinski definition) is 2. The van der Waals surface area contributed by atoms with Gasteiger partial charge in [0.15, 0.2) is 0 Å². The zero-order valence-electron chi connectivity index (χ0n) is 26.3.